The molecule has 0 spiro atoms. The Hall–Kier alpha value is -1.61. The Morgan fingerprint density at radius 3 is 2.94 bits per heavy atom. The second-order valence-corrected chi connectivity index (χ2v) is 4.22. The molecule has 0 bridgehead atoms. The van der Waals surface area contributed by atoms with Crippen LogP contribution in [0.2, 0.25) is 0 Å². The highest BCUT2D eigenvalue weighted by Gasteiger charge is 2.23. The SMILES string of the molecule is CCOc1cccc(C(=O)C2C=CC(N)C2)c1. The number of ketones is 1. The molecule has 0 aliphatic heterocycles. The fourth-order valence-electron chi connectivity index (χ4n) is 2.04. The van der Waals surface area contributed by atoms with Gasteiger partial charge in [0.05, 0.1) is 6.61 Å². The molecule has 0 amide bonds. The number of ether oxygens (including phenoxy) is 1. The largest absolute Gasteiger partial charge is 0.494 e. The molecule has 1 aromatic carbocycles. The summed E-state index contributed by atoms with van der Waals surface area (Å²) in [5.41, 5.74) is 6.45. The van der Waals surface area contributed by atoms with Crippen molar-refractivity contribution in [2.24, 2.45) is 11.7 Å². The van der Waals surface area contributed by atoms with E-state index in [1.165, 1.54) is 0 Å². The maximum absolute atomic E-state index is 12.2. The molecule has 0 aromatic heterocycles. The van der Waals surface area contributed by atoms with Gasteiger partial charge < -0.3 is 10.5 Å². The molecule has 2 unspecified atom stereocenters. The van der Waals surface area contributed by atoms with E-state index in [0.717, 1.165) is 5.75 Å². The van der Waals surface area contributed by atoms with Crippen molar-refractivity contribution in [3.8, 4) is 5.75 Å². The number of hydrogen-bond acceptors (Lipinski definition) is 3. The van der Waals surface area contributed by atoms with Crippen LogP contribution in [0, 0.1) is 5.92 Å². The first-order chi connectivity index (χ1) is 8.20. The van der Waals surface area contributed by atoms with Crippen LogP contribution in [-0.4, -0.2) is 18.4 Å². The first-order valence-electron chi connectivity index (χ1n) is 5.91. The monoisotopic (exact) mass is 231 g/mol. The van der Waals surface area contributed by atoms with Gasteiger partial charge in [-0.05, 0) is 25.5 Å². The minimum absolute atomic E-state index is 0.0130. The van der Waals surface area contributed by atoms with Crippen LogP contribution in [0.25, 0.3) is 0 Å². The normalized spacial score (nSPS) is 22.7. The summed E-state index contributed by atoms with van der Waals surface area (Å²) in [6, 6.07) is 7.33. The molecule has 0 saturated carbocycles. The van der Waals surface area contributed by atoms with E-state index in [2.05, 4.69) is 0 Å². The number of carbonyl (C=O) groups excluding carboxylic acids is 1. The standard InChI is InChI=1S/C14H17NO2/c1-2-17-13-5-3-4-10(9-13)14(16)11-6-7-12(15)8-11/h3-7,9,11-12H,2,8,15H2,1H3. The smallest absolute Gasteiger partial charge is 0.169 e. The van der Waals surface area contributed by atoms with Crippen molar-refractivity contribution in [3.05, 3.63) is 42.0 Å². The lowest BCUT2D eigenvalue weighted by Gasteiger charge is -2.09. The molecule has 1 aliphatic carbocycles. The third-order valence-corrected chi connectivity index (χ3v) is 2.88. The highest BCUT2D eigenvalue weighted by atomic mass is 16.5. The van der Waals surface area contributed by atoms with Crippen molar-refractivity contribution in [1.82, 2.24) is 0 Å². The van der Waals surface area contributed by atoms with Gasteiger partial charge >= 0.3 is 0 Å². The predicted molar refractivity (Wildman–Crippen MR) is 67.2 cm³/mol. The molecule has 1 aromatic rings. The lowest BCUT2D eigenvalue weighted by Crippen LogP contribution is -2.19. The van der Waals surface area contributed by atoms with Gasteiger partial charge in [0.15, 0.2) is 5.78 Å². The molecule has 3 heteroatoms. The van der Waals surface area contributed by atoms with Crippen LogP contribution in [0.15, 0.2) is 36.4 Å². The van der Waals surface area contributed by atoms with Gasteiger partial charge in [0.25, 0.3) is 0 Å². The van der Waals surface area contributed by atoms with E-state index in [4.69, 9.17) is 10.5 Å². The van der Waals surface area contributed by atoms with Crippen LogP contribution in [0.4, 0.5) is 0 Å². The Bertz CT molecular complexity index is 440. The zero-order valence-corrected chi connectivity index (χ0v) is 9.93. The quantitative estimate of drug-likeness (QED) is 0.638. The Kier molecular flexibility index (Phi) is 3.59. The maximum atomic E-state index is 12.2. The summed E-state index contributed by atoms with van der Waals surface area (Å²) in [6.07, 6.45) is 4.51. The Morgan fingerprint density at radius 1 is 1.47 bits per heavy atom. The van der Waals surface area contributed by atoms with Gasteiger partial charge in [-0.1, -0.05) is 24.3 Å². The molecule has 0 saturated heterocycles. The van der Waals surface area contributed by atoms with Crippen LogP contribution in [-0.2, 0) is 0 Å². The number of nitrogens with two attached hydrogens (primary N) is 1. The van der Waals surface area contributed by atoms with E-state index in [0.29, 0.717) is 18.6 Å². The van der Waals surface area contributed by atoms with Gasteiger partial charge in [-0.25, -0.2) is 0 Å². The van der Waals surface area contributed by atoms with E-state index in [1.54, 1.807) is 6.07 Å². The topological polar surface area (TPSA) is 52.3 Å². The number of allylic oxidation sites excluding steroid dienone is 1. The van der Waals surface area contributed by atoms with Crippen LogP contribution >= 0.6 is 0 Å². The minimum Gasteiger partial charge on any atom is -0.494 e. The number of Topliss-reactive ketones (excluding diaryl/α,β-unsaturated/α-hetero) is 1. The fourth-order valence-corrected chi connectivity index (χ4v) is 2.04. The first kappa shape index (κ1) is 11.9. The molecule has 2 rings (SSSR count). The molecule has 90 valence electrons. The van der Waals surface area contributed by atoms with Crippen LogP contribution in [0.1, 0.15) is 23.7 Å². The summed E-state index contributed by atoms with van der Waals surface area (Å²) in [7, 11) is 0. The van der Waals surface area contributed by atoms with Gasteiger partial charge in [-0.2, -0.15) is 0 Å². The molecule has 2 atom stereocenters. The van der Waals surface area contributed by atoms with Gasteiger partial charge in [-0.3, -0.25) is 4.79 Å². The lowest BCUT2D eigenvalue weighted by atomic mass is 9.96. The molecular weight excluding hydrogens is 214 g/mol. The van der Waals surface area contributed by atoms with Gasteiger partial charge in [0, 0.05) is 17.5 Å². The van der Waals surface area contributed by atoms with Crippen molar-refractivity contribution in [3.63, 3.8) is 0 Å². The molecule has 2 N–H and O–H groups in total. The molecule has 3 nitrogen and oxygen atoms in total. The van der Waals surface area contributed by atoms with Crippen molar-refractivity contribution >= 4 is 5.78 Å². The number of carbonyl (C=O) groups is 1. The van der Waals surface area contributed by atoms with Crippen LogP contribution < -0.4 is 10.5 Å². The van der Waals surface area contributed by atoms with Gasteiger partial charge in [-0.15, -0.1) is 0 Å². The maximum Gasteiger partial charge on any atom is 0.169 e. The first-order valence-corrected chi connectivity index (χ1v) is 5.91. The summed E-state index contributed by atoms with van der Waals surface area (Å²) in [5.74, 6) is 0.780. The number of rotatable bonds is 4. The van der Waals surface area contributed by atoms with Crippen molar-refractivity contribution in [2.45, 2.75) is 19.4 Å². The van der Waals surface area contributed by atoms with E-state index in [9.17, 15) is 4.79 Å². The van der Waals surface area contributed by atoms with E-state index >= 15 is 0 Å². The third-order valence-electron chi connectivity index (χ3n) is 2.88. The molecule has 17 heavy (non-hydrogen) atoms. The predicted octanol–water partition coefficient (Wildman–Crippen LogP) is 2.17. The van der Waals surface area contributed by atoms with Crippen molar-refractivity contribution < 1.29 is 9.53 Å². The average Bonchev–Trinajstić information content (AvgIpc) is 2.76. The summed E-state index contributed by atoms with van der Waals surface area (Å²) >= 11 is 0. The number of hydrogen-bond donors (Lipinski definition) is 1. The second-order valence-electron chi connectivity index (χ2n) is 4.22. The summed E-state index contributed by atoms with van der Waals surface area (Å²) in [4.78, 5) is 12.2. The number of benzene rings is 1. The van der Waals surface area contributed by atoms with Crippen molar-refractivity contribution in [1.29, 1.82) is 0 Å². The summed E-state index contributed by atoms with van der Waals surface area (Å²) in [6.45, 7) is 2.53. The molecule has 1 aliphatic rings. The molecular formula is C14H17NO2. The van der Waals surface area contributed by atoms with Crippen molar-refractivity contribution in [2.75, 3.05) is 6.61 Å². The Labute approximate surface area is 101 Å². The van der Waals surface area contributed by atoms with Crippen LogP contribution in [0.5, 0.6) is 5.75 Å². The molecule has 0 fully saturated rings. The van der Waals surface area contributed by atoms with Gasteiger partial charge in [0.1, 0.15) is 5.75 Å². The minimum atomic E-state index is -0.0816. The Balaban J connectivity index is 2.14. The molecule has 0 radical (unpaired) electrons. The fraction of sp³-hybridized carbons (Fsp3) is 0.357. The Morgan fingerprint density at radius 2 is 2.29 bits per heavy atom. The average molecular weight is 231 g/mol. The third kappa shape index (κ3) is 2.74. The van der Waals surface area contributed by atoms with E-state index in [-0.39, 0.29) is 17.7 Å². The lowest BCUT2D eigenvalue weighted by molar-refractivity contribution is 0.0942. The van der Waals surface area contributed by atoms with E-state index in [1.807, 2.05) is 37.3 Å². The zero-order chi connectivity index (χ0) is 12.3. The van der Waals surface area contributed by atoms with E-state index < -0.39 is 0 Å². The second kappa shape index (κ2) is 5.15. The van der Waals surface area contributed by atoms with Gasteiger partial charge in [0.2, 0.25) is 0 Å². The summed E-state index contributed by atoms with van der Waals surface area (Å²) in [5, 5.41) is 0. The molecule has 0 heterocycles. The highest BCUT2D eigenvalue weighted by Crippen LogP contribution is 2.23. The summed E-state index contributed by atoms with van der Waals surface area (Å²) < 4.78 is 5.39. The zero-order valence-electron chi connectivity index (χ0n) is 9.93. The van der Waals surface area contributed by atoms with Crippen LogP contribution in [0.3, 0.4) is 0 Å². The highest BCUT2D eigenvalue weighted by molar-refractivity contribution is 5.99.